The largest absolute Gasteiger partial charge is 0.370 e. The molecule has 7 heteroatoms. The fraction of sp³-hybridized carbons (Fsp3) is 0.562. The maximum Gasteiger partial charge on any atom is 0.243 e. The van der Waals surface area contributed by atoms with Gasteiger partial charge >= 0.3 is 0 Å². The second kappa shape index (κ2) is 6.88. The highest BCUT2D eigenvalue weighted by Crippen LogP contribution is 2.24. The fourth-order valence-corrected chi connectivity index (χ4v) is 4.51. The van der Waals surface area contributed by atoms with Crippen LogP contribution in [0.5, 0.6) is 0 Å². The fourth-order valence-electron chi connectivity index (χ4n) is 2.78. The standard InChI is InChI=1S/C16H24N4O2S/c17-16(19-14-8-9-14)18-12-13-6-2-3-7-15(13)23(21,22)20-10-4-1-5-11-20/h2-3,6-7,14H,1,4-5,8-12H2,(H3,17,18,19). The van der Waals surface area contributed by atoms with E-state index in [1.165, 1.54) is 0 Å². The van der Waals surface area contributed by atoms with Crippen LogP contribution in [0.1, 0.15) is 37.7 Å². The Bertz CT molecular complexity index is 677. The summed E-state index contributed by atoms with van der Waals surface area (Å²) < 4.78 is 27.3. The van der Waals surface area contributed by atoms with E-state index in [-0.39, 0.29) is 6.54 Å². The second-order valence-electron chi connectivity index (χ2n) is 6.19. The Hall–Kier alpha value is -1.60. The molecule has 0 aromatic heterocycles. The number of piperidine rings is 1. The molecule has 1 saturated carbocycles. The summed E-state index contributed by atoms with van der Waals surface area (Å²) in [5.74, 6) is 0.387. The van der Waals surface area contributed by atoms with Crippen LogP contribution in [0.2, 0.25) is 0 Å². The van der Waals surface area contributed by atoms with Crippen LogP contribution in [0.25, 0.3) is 0 Å². The zero-order chi connectivity index (χ0) is 16.3. The molecule has 0 radical (unpaired) electrons. The summed E-state index contributed by atoms with van der Waals surface area (Å²) in [7, 11) is -3.45. The van der Waals surface area contributed by atoms with Crippen molar-refractivity contribution in [3.8, 4) is 0 Å². The summed E-state index contributed by atoms with van der Waals surface area (Å²) in [6, 6.07) is 7.51. The zero-order valence-electron chi connectivity index (χ0n) is 13.2. The van der Waals surface area contributed by atoms with Gasteiger partial charge in [0, 0.05) is 19.1 Å². The molecular formula is C16H24N4O2S. The molecule has 3 N–H and O–H groups in total. The molecule has 23 heavy (non-hydrogen) atoms. The predicted molar refractivity (Wildman–Crippen MR) is 90.5 cm³/mol. The first kappa shape index (κ1) is 16.3. The number of benzene rings is 1. The zero-order valence-corrected chi connectivity index (χ0v) is 14.1. The molecule has 0 atom stereocenters. The van der Waals surface area contributed by atoms with Crippen molar-refractivity contribution in [1.82, 2.24) is 9.62 Å². The lowest BCUT2D eigenvalue weighted by Crippen LogP contribution is -2.36. The summed E-state index contributed by atoms with van der Waals surface area (Å²) in [5, 5.41) is 3.11. The maximum absolute atomic E-state index is 12.9. The van der Waals surface area contributed by atoms with E-state index in [0.29, 0.717) is 35.5 Å². The molecule has 1 aliphatic carbocycles. The van der Waals surface area contributed by atoms with Crippen molar-refractivity contribution in [2.75, 3.05) is 13.1 Å². The molecule has 126 valence electrons. The van der Waals surface area contributed by atoms with Crippen molar-refractivity contribution in [1.29, 1.82) is 0 Å². The van der Waals surface area contributed by atoms with Crippen molar-refractivity contribution in [2.45, 2.75) is 49.6 Å². The third-order valence-electron chi connectivity index (χ3n) is 4.25. The van der Waals surface area contributed by atoms with Crippen LogP contribution >= 0.6 is 0 Å². The number of guanidine groups is 1. The number of nitrogens with zero attached hydrogens (tertiary/aromatic N) is 2. The van der Waals surface area contributed by atoms with Crippen molar-refractivity contribution >= 4 is 16.0 Å². The summed E-state index contributed by atoms with van der Waals surface area (Å²) in [4.78, 5) is 4.65. The number of hydrogen-bond donors (Lipinski definition) is 2. The Balaban J connectivity index is 1.79. The first-order valence-electron chi connectivity index (χ1n) is 8.22. The third-order valence-corrected chi connectivity index (χ3v) is 6.25. The highest BCUT2D eigenvalue weighted by atomic mass is 32.2. The van der Waals surface area contributed by atoms with E-state index in [2.05, 4.69) is 10.3 Å². The van der Waals surface area contributed by atoms with Crippen LogP contribution in [0.15, 0.2) is 34.2 Å². The van der Waals surface area contributed by atoms with Gasteiger partial charge in [-0.3, -0.25) is 0 Å². The van der Waals surface area contributed by atoms with Crippen LogP contribution < -0.4 is 11.1 Å². The topological polar surface area (TPSA) is 87.8 Å². The lowest BCUT2D eigenvalue weighted by atomic mass is 10.2. The van der Waals surface area contributed by atoms with E-state index >= 15 is 0 Å². The lowest BCUT2D eigenvalue weighted by molar-refractivity contribution is 0.346. The van der Waals surface area contributed by atoms with Gasteiger partial charge in [0.1, 0.15) is 0 Å². The minimum Gasteiger partial charge on any atom is -0.370 e. The molecule has 0 amide bonds. The number of sulfonamides is 1. The molecule has 1 heterocycles. The number of aliphatic imine (C=N–C) groups is 1. The van der Waals surface area contributed by atoms with Gasteiger partial charge in [-0.05, 0) is 37.3 Å². The molecule has 1 aromatic rings. The number of hydrogen-bond acceptors (Lipinski definition) is 3. The van der Waals surface area contributed by atoms with Crippen LogP contribution in [-0.2, 0) is 16.6 Å². The average molecular weight is 336 g/mol. The van der Waals surface area contributed by atoms with Crippen LogP contribution in [0, 0.1) is 0 Å². The summed E-state index contributed by atoms with van der Waals surface area (Å²) in [6.45, 7) is 1.48. The van der Waals surface area contributed by atoms with Crippen molar-refractivity contribution in [2.24, 2.45) is 10.7 Å². The molecule has 3 rings (SSSR count). The highest BCUT2D eigenvalue weighted by molar-refractivity contribution is 7.89. The van der Waals surface area contributed by atoms with Gasteiger partial charge in [0.05, 0.1) is 11.4 Å². The SMILES string of the molecule is NC(=NCc1ccccc1S(=O)(=O)N1CCCCC1)NC1CC1. The monoisotopic (exact) mass is 336 g/mol. The quantitative estimate of drug-likeness (QED) is 0.629. The van der Waals surface area contributed by atoms with Crippen molar-refractivity contribution < 1.29 is 8.42 Å². The van der Waals surface area contributed by atoms with Gasteiger partial charge in [-0.2, -0.15) is 4.31 Å². The van der Waals surface area contributed by atoms with Gasteiger partial charge in [0.15, 0.2) is 5.96 Å². The summed E-state index contributed by atoms with van der Waals surface area (Å²) in [5.41, 5.74) is 6.54. The van der Waals surface area contributed by atoms with Gasteiger partial charge in [-0.1, -0.05) is 24.6 Å². The third kappa shape index (κ3) is 4.03. The lowest BCUT2D eigenvalue weighted by Gasteiger charge is -2.26. The smallest absolute Gasteiger partial charge is 0.243 e. The Morgan fingerprint density at radius 1 is 1.22 bits per heavy atom. The first-order valence-corrected chi connectivity index (χ1v) is 9.66. The molecule has 6 nitrogen and oxygen atoms in total. The molecular weight excluding hydrogens is 312 g/mol. The van der Waals surface area contributed by atoms with Gasteiger partial charge in [-0.25, -0.2) is 13.4 Å². The van der Waals surface area contributed by atoms with Crippen LogP contribution in [0.4, 0.5) is 0 Å². The van der Waals surface area contributed by atoms with Gasteiger partial charge in [0.2, 0.25) is 10.0 Å². The number of rotatable bonds is 5. The van der Waals surface area contributed by atoms with Gasteiger partial charge in [0.25, 0.3) is 0 Å². The molecule has 0 unspecified atom stereocenters. The van der Waals surface area contributed by atoms with Crippen molar-refractivity contribution in [3.63, 3.8) is 0 Å². The van der Waals surface area contributed by atoms with Gasteiger partial charge < -0.3 is 11.1 Å². The number of nitrogens with one attached hydrogen (secondary N) is 1. The summed E-state index contributed by atoms with van der Waals surface area (Å²) in [6.07, 6.45) is 5.20. The summed E-state index contributed by atoms with van der Waals surface area (Å²) >= 11 is 0. The van der Waals surface area contributed by atoms with E-state index in [1.54, 1.807) is 16.4 Å². The van der Waals surface area contributed by atoms with Crippen LogP contribution in [-0.4, -0.2) is 37.8 Å². The Labute approximate surface area is 137 Å². The molecule has 0 spiro atoms. The average Bonchev–Trinajstić information content (AvgIpc) is 3.38. The molecule has 0 bridgehead atoms. The van der Waals surface area contributed by atoms with Crippen molar-refractivity contribution in [3.05, 3.63) is 29.8 Å². The Kier molecular flexibility index (Phi) is 4.87. The maximum atomic E-state index is 12.9. The molecule has 1 saturated heterocycles. The number of nitrogens with two attached hydrogens (primary N) is 1. The molecule has 1 aliphatic heterocycles. The molecule has 2 aliphatic rings. The van der Waals surface area contributed by atoms with Crippen LogP contribution in [0.3, 0.4) is 0 Å². The minimum absolute atomic E-state index is 0.273. The normalized spacial score (nSPS) is 20.4. The minimum atomic E-state index is -3.45. The predicted octanol–water partition coefficient (Wildman–Crippen LogP) is 1.43. The molecule has 1 aromatic carbocycles. The second-order valence-corrected chi connectivity index (χ2v) is 8.10. The van der Waals surface area contributed by atoms with E-state index in [9.17, 15) is 8.42 Å². The van der Waals surface area contributed by atoms with E-state index in [0.717, 1.165) is 32.1 Å². The first-order chi connectivity index (χ1) is 11.1. The highest BCUT2D eigenvalue weighted by Gasteiger charge is 2.27. The Morgan fingerprint density at radius 3 is 2.61 bits per heavy atom. The van der Waals surface area contributed by atoms with E-state index < -0.39 is 10.0 Å². The molecule has 2 fully saturated rings. The van der Waals surface area contributed by atoms with E-state index in [4.69, 9.17) is 5.73 Å². The van der Waals surface area contributed by atoms with E-state index in [1.807, 2.05) is 12.1 Å². The Morgan fingerprint density at radius 2 is 1.91 bits per heavy atom. The van der Waals surface area contributed by atoms with Gasteiger partial charge in [-0.15, -0.1) is 0 Å².